The average molecular weight is 597 g/mol. The van der Waals surface area contributed by atoms with Gasteiger partial charge >= 0.3 is 12.1 Å². The number of carbonyl (C=O) groups is 3. The lowest BCUT2D eigenvalue weighted by molar-refractivity contribution is -0.192. The van der Waals surface area contributed by atoms with Crippen molar-refractivity contribution in [3.63, 3.8) is 0 Å². The first kappa shape index (κ1) is 31.5. The van der Waals surface area contributed by atoms with Crippen molar-refractivity contribution in [2.45, 2.75) is 30.8 Å². The molecule has 1 aliphatic rings. The number of aliphatic carboxylic acids is 1. The van der Waals surface area contributed by atoms with Gasteiger partial charge in [-0.05, 0) is 54.8 Å². The Bertz CT molecular complexity index is 1410. The van der Waals surface area contributed by atoms with E-state index in [9.17, 15) is 27.2 Å². The molecule has 1 aliphatic heterocycles. The van der Waals surface area contributed by atoms with E-state index in [4.69, 9.17) is 14.6 Å². The smallest absolute Gasteiger partial charge is 0.490 e. The number of halogens is 4. The third kappa shape index (κ3) is 8.71. The number of anilines is 1. The zero-order chi connectivity index (χ0) is 30.3. The van der Waals surface area contributed by atoms with Gasteiger partial charge in [0.25, 0.3) is 0 Å². The number of carbonyl (C=O) groups excluding carboxylic acids is 2. The molecule has 1 aromatic heterocycles. The number of alkyl halides is 3. The van der Waals surface area contributed by atoms with Crippen LogP contribution in [0.5, 0.6) is 5.75 Å². The van der Waals surface area contributed by atoms with Gasteiger partial charge in [-0.2, -0.15) is 18.3 Å². The fraction of sp³-hybridized carbons (Fsp3) is 0.333. The second-order valence-corrected chi connectivity index (χ2v) is 10.4. The number of carboxylic acid groups (broad SMARTS) is 1. The summed E-state index contributed by atoms with van der Waals surface area (Å²) in [6.45, 7) is 2.18. The summed E-state index contributed by atoms with van der Waals surface area (Å²) in [6, 6.07) is 10.2. The summed E-state index contributed by atoms with van der Waals surface area (Å²) >= 11 is 1.52. The minimum absolute atomic E-state index is 0.0465. The third-order valence-corrected chi connectivity index (χ3v) is 7.05. The largest absolute Gasteiger partial charge is 0.492 e. The van der Waals surface area contributed by atoms with Gasteiger partial charge in [0.05, 0.1) is 17.8 Å². The molecule has 3 N–H and O–H groups in total. The summed E-state index contributed by atoms with van der Waals surface area (Å²) in [7, 11) is 3.47. The van der Waals surface area contributed by atoms with Crippen molar-refractivity contribution in [1.82, 2.24) is 15.1 Å². The first-order chi connectivity index (χ1) is 19.3. The Kier molecular flexibility index (Phi) is 10.4. The van der Waals surface area contributed by atoms with Gasteiger partial charge in [-0.1, -0.05) is 6.07 Å². The minimum Gasteiger partial charge on any atom is -0.492 e. The zero-order valence-corrected chi connectivity index (χ0v) is 23.2. The van der Waals surface area contributed by atoms with Crippen LogP contribution in [0.2, 0.25) is 0 Å². The van der Waals surface area contributed by atoms with Crippen molar-refractivity contribution < 1.29 is 41.8 Å². The fourth-order valence-corrected chi connectivity index (χ4v) is 4.77. The molecule has 0 fully saturated rings. The molecular formula is C27H28F4N4O5S. The Labute approximate surface area is 237 Å². The molecule has 9 nitrogen and oxygen atoms in total. The molecule has 0 bridgehead atoms. The summed E-state index contributed by atoms with van der Waals surface area (Å²) in [5.41, 5.74) is 4.25. The number of thioether (sulfide) groups is 1. The summed E-state index contributed by atoms with van der Waals surface area (Å²) in [6.07, 6.45) is -2.52. The molecule has 0 radical (unpaired) electrons. The normalized spacial score (nSPS) is 14.2. The van der Waals surface area contributed by atoms with E-state index < -0.39 is 18.1 Å². The highest BCUT2D eigenvalue weighted by molar-refractivity contribution is 7.99. The third-order valence-electron chi connectivity index (χ3n) is 5.99. The summed E-state index contributed by atoms with van der Waals surface area (Å²) in [4.78, 5) is 36.4. The maximum Gasteiger partial charge on any atom is 0.490 e. The van der Waals surface area contributed by atoms with Crippen molar-refractivity contribution >= 4 is 35.2 Å². The number of ether oxygens (including phenoxy) is 1. The number of hydrogen-bond acceptors (Lipinski definition) is 6. The van der Waals surface area contributed by atoms with Crippen LogP contribution in [0.3, 0.4) is 0 Å². The van der Waals surface area contributed by atoms with Gasteiger partial charge in [0.1, 0.15) is 18.2 Å². The van der Waals surface area contributed by atoms with Gasteiger partial charge in [-0.25, -0.2) is 9.18 Å². The SMILES string of the molecule is Cc1[nH]ncc1-c1ccc(NC(=O)C2COc3ccc(F)cc3C2)c(SCCC(=O)N(C)C)c1.O=C(O)C(F)(F)F. The van der Waals surface area contributed by atoms with Crippen LogP contribution in [0.15, 0.2) is 47.5 Å². The van der Waals surface area contributed by atoms with E-state index in [0.717, 1.165) is 21.7 Å². The number of rotatable bonds is 7. The van der Waals surface area contributed by atoms with Crippen LogP contribution >= 0.6 is 11.8 Å². The number of benzene rings is 2. The van der Waals surface area contributed by atoms with Crippen molar-refractivity contribution in [2.24, 2.45) is 5.92 Å². The number of fused-ring (bicyclic) bond motifs is 1. The van der Waals surface area contributed by atoms with E-state index >= 15 is 0 Å². The molecule has 2 amide bonds. The molecule has 0 saturated carbocycles. The molecular weight excluding hydrogens is 568 g/mol. The van der Waals surface area contributed by atoms with Crippen LogP contribution in [-0.4, -0.2) is 70.6 Å². The molecule has 4 rings (SSSR count). The Morgan fingerprint density at radius 2 is 1.90 bits per heavy atom. The summed E-state index contributed by atoms with van der Waals surface area (Å²) in [5.74, 6) is -2.48. The number of nitrogens with zero attached hydrogens (tertiary/aromatic N) is 2. The van der Waals surface area contributed by atoms with E-state index in [-0.39, 0.29) is 24.2 Å². The maximum absolute atomic E-state index is 13.6. The number of hydrogen-bond donors (Lipinski definition) is 3. The second kappa shape index (κ2) is 13.5. The predicted molar refractivity (Wildman–Crippen MR) is 144 cm³/mol. The van der Waals surface area contributed by atoms with Crippen LogP contribution in [-0.2, 0) is 20.8 Å². The van der Waals surface area contributed by atoms with E-state index in [1.165, 1.54) is 23.9 Å². The average Bonchev–Trinajstić information content (AvgIpc) is 3.34. The minimum atomic E-state index is -5.08. The van der Waals surface area contributed by atoms with Crippen molar-refractivity contribution in [3.8, 4) is 16.9 Å². The van der Waals surface area contributed by atoms with E-state index in [0.29, 0.717) is 35.6 Å². The van der Waals surface area contributed by atoms with Crippen LogP contribution in [0.25, 0.3) is 11.1 Å². The molecule has 3 aromatic rings. The van der Waals surface area contributed by atoms with Crippen LogP contribution in [0.1, 0.15) is 17.7 Å². The van der Waals surface area contributed by atoms with Crippen LogP contribution in [0.4, 0.5) is 23.2 Å². The number of amides is 2. The van der Waals surface area contributed by atoms with E-state index in [1.807, 2.05) is 25.1 Å². The molecule has 14 heteroatoms. The van der Waals surface area contributed by atoms with Gasteiger partial charge in [-0.3, -0.25) is 14.7 Å². The predicted octanol–water partition coefficient (Wildman–Crippen LogP) is 4.92. The number of aromatic amines is 1. The number of aryl methyl sites for hydroxylation is 1. The summed E-state index contributed by atoms with van der Waals surface area (Å²) in [5, 5.41) is 17.2. The topological polar surface area (TPSA) is 125 Å². The van der Waals surface area contributed by atoms with Crippen molar-refractivity contribution in [2.75, 3.05) is 31.8 Å². The molecule has 1 atom stereocenters. The van der Waals surface area contributed by atoms with Crippen LogP contribution < -0.4 is 10.1 Å². The molecule has 2 heterocycles. The van der Waals surface area contributed by atoms with Crippen molar-refractivity contribution in [1.29, 1.82) is 0 Å². The van der Waals surface area contributed by atoms with Gasteiger partial charge in [0.2, 0.25) is 11.8 Å². The fourth-order valence-electron chi connectivity index (χ4n) is 3.79. The lowest BCUT2D eigenvalue weighted by Gasteiger charge is -2.25. The lowest BCUT2D eigenvalue weighted by atomic mass is 9.95. The highest BCUT2D eigenvalue weighted by Crippen LogP contribution is 2.35. The molecule has 2 aromatic carbocycles. The van der Waals surface area contributed by atoms with Gasteiger partial charge in [-0.15, -0.1) is 11.8 Å². The molecule has 1 unspecified atom stereocenters. The standard InChI is InChI=1S/C25H27FN4O3S.C2HF3O2/c1-15-20(13-27-29-15)16-4-6-21(23(12-16)34-9-8-24(31)30(2)3)28-25(32)18-10-17-11-19(26)5-7-22(17)33-14-18;3-2(4,5)1(6)7/h4-7,11-13,18H,8-10,14H2,1-3H3,(H,27,29)(H,28,32);(H,6,7). The highest BCUT2D eigenvalue weighted by atomic mass is 32.2. The first-order valence-corrected chi connectivity index (χ1v) is 13.2. The quantitative estimate of drug-likeness (QED) is 0.261. The van der Waals surface area contributed by atoms with E-state index in [1.54, 1.807) is 31.3 Å². The summed E-state index contributed by atoms with van der Waals surface area (Å²) < 4.78 is 51.1. The number of nitrogens with one attached hydrogen (secondary N) is 2. The molecule has 41 heavy (non-hydrogen) atoms. The first-order valence-electron chi connectivity index (χ1n) is 12.3. The Morgan fingerprint density at radius 1 is 1.20 bits per heavy atom. The number of aromatic nitrogens is 2. The van der Waals surface area contributed by atoms with Crippen molar-refractivity contribution in [3.05, 3.63) is 59.7 Å². The molecule has 220 valence electrons. The number of H-pyrrole nitrogens is 1. The molecule has 0 spiro atoms. The maximum atomic E-state index is 13.6. The highest BCUT2D eigenvalue weighted by Gasteiger charge is 2.38. The van der Waals surface area contributed by atoms with Gasteiger partial charge in [0, 0.05) is 42.4 Å². The molecule has 0 aliphatic carbocycles. The Balaban J connectivity index is 0.000000587. The molecule has 0 saturated heterocycles. The van der Waals surface area contributed by atoms with Gasteiger partial charge < -0.3 is 20.1 Å². The van der Waals surface area contributed by atoms with Gasteiger partial charge in [0.15, 0.2) is 0 Å². The monoisotopic (exact) mass is 596 g/mol. The number of carboxylic acids is 1. The second-order valence-electron chi connectivity index (χ2n) is 9.26. The Morgan fingerprint density at radius 3 is 2.51 bits per heavy atom. The Hall–Kier alpha value is -4.07. The zero-order valence-electron chi connectivity index (χ0n) is 22.3. The van der Waals surface area contributed by atoms with E-state index in [2.05, 4.69) is 15.5 Å². The lowest BCUT2D eigenvalue weighted by Crippen LogP contribution is -2.32. The van der Waals surface area contributed by atoms with Crippen LogP contribution in [0, 0.1) is 18.7 Å².